The molecule has 2 aliphatic rings. The van der Waals surface area contributed by atoms with E-state index in [2.05, 4.69) is 12.2 Å². The van der Waals surface area contributed by atoms with E-state index in [1.165, 1.54) is 25.0 Å². The molecule has 2 amide bonds. The lowest BCUT2D eigenvalue weighted by atomic mass is 9.85. The van der Waals surface area contributed by atoms with Crippen LogP contribution >= 0.6 is 24.0 Å². The molecule has 2 atom stereocenters. The molecule has 156 valence electrons. The molecule has 2 heterocycles. The lowest BCUT2D eigenvalue weighted by molar-refractivity contribution is -0.134. The van der Waals surface area contributed by atoms with Gasteiger partial charge in [0.1, 0.15) is 5.82 Å². The summed E-state index contributed by atoms with van der Waals surface area (Å²) in [5.41, 5.74) is 0.0256. The Morgan fingerprint density at radius 3 is 2.54 bits per heavy atom. The monoisotopic (exact) mass is 431 g/mol. The summed E-state index contributed by atoms with van der Waals surface area (Å²) in [6.07, 6.45) is 2.90. The van der Waals surface area contributed by atoms with Crippen molar-refractivity contribution in [3.63, 3.8) is 0 Å². The second kappa shape index (κ2) is 10.4. The molecule has 1 aromatic rings. The number of hydrogen-bond donors (Lipinski definition) is 1. The van der Waals surface area contributed by atoms with Crippen molar-refractivity contribution < 1.29 is 14.0 Å². The molecule has 2 fully saturated rings. The highest BCUT2D eigenvalue weighted by Crippen LogP contribution is 2.24. The van der Waals surface area contributed by atoms with Crippen LogP contribution in [0.25, 0.3) is 0 Å². The number of carbonyl (C=O) groups is 2. The Morgan fingerprint density at radius 2 is 1.93 bits per heavy atom. The van der Waals surface area contributed by atoms with Crippen LogP contribution in [-0.4, -0.2) is 60.9 Å². The first kappa shape index (κ1) is 22.9. The minimum atomic E-state index is -0.610. The molecule has 8 heteroatoms. The zero-order valence-corrected chi connectivity index (χ0v) is 17.7. The van der Waals surface area contributed by atoms with Crippen LogP contribution in [0.1, 0.15) is 36.5 Å². The van der Waals surface area contributed by atoms with Gasteiger partial charge in [0.2, 0.25) is 5.91 Å². The number of hydrogen-bond acceptors (Lipinski definition) is 3. The molecule has 0 bridgehead atoms. The van der Waals surface area contributed by atoms with Crippen molar-refractivity contribution in [3.05, 3.63) is 34.6 Å². The van der Waals surface area contributed by atoms with Crippen LogP contribution in [0.15, 0.2) is 18.2 Å². The Bertz CT molecular complexity index is 690. The zero-order chi connectivity index (χ0) is 19.4. The van der Waals surface area contributed by atoms with Crippen molar-refractivity contribution >= 4 is 35.8 Å². The Morgan fingerprint density at radius 1 is 1.25 bits per heavy atom. The largest absolute Gasteiger partial charge is 0.339 e. The quantitative estimate of drug-likeness (QED) is 0.795. The Balaban J connectivity index is 0.00000280. The maximum atomic E-state index is 14.0. The van der Waals surface area contributed by atoms with E-state index in [4.69, 9.17) is 11.6 Å². The molecule has 2 aliphatic heterocycles. The number of halogens is 3. The van der Waals surface area contributed by atoms with Gasteiger partial charge in [-0.15, -0.1) is 12.4 Å². The smallest absolute Gasteiger partial charge is 0.256 e. The first-order chi connectivity index (χ1) is 13.0. The van der Waals surface area contributed by atoms with Crippen molar-refractivity contribution in [1.82, 2.24) is 15.1 Å². The fraction of sp³-hybridized carbons (Fsp3) is 0.600. The predicted molar refractivity (Wildman–Crippen MR) is 111 cm³/mol. The fourth-order valence-corrected chi connectivity index (χ4v) is 4.09. The molecule has 3 rings (SSSR count). The van der Waals surface area contributed by atoms with Crippen LogP contribution in [-0.2, 0) is 4.79 Å². The van der Waals surface area contributed by atoms with Gasteiger partial charge in [-0.25, -0.2) is 4.39 Å². The van der Waals surface area contributed by atoms with E-state index in [1.54, 1.807) is 4.90 Å². The zero-order valence-electron chi connectivity index (χ0n) is 16.1. The first-order valence-corrected chi connectivity index (χ1v) is 10.1. The van der Waals surface area contributed by atoms with Crippen molar-refractivity contribution in [1.29, 1.82) is 0 Å². The first-order valence-electron chi connectivity index (χ1n) is 9.68. The number of nitrogens with one attached hydrogen (secondary N) is 1. The highest BCUT2D eigenvalue weighted by molar-refractivity contribution is 6.30. The third kappa shape index (κ3) is 5.58. The summed E-state index contributed by atoms with van der Waals surface area (Å²) in [6, 6.07) is 4.08. The lowest BCUT2D eigenvalue weighted by Crippen LogP contribution is -2.51. The molecule has 0 radical (unpaired) electrons. The van der Waals surface area contributed by atoms with Crippen molar-refractivity contribution in [2.75, 3.05) is 39.3 Å². The van der Waals surface area contributed by atoms with Crippen LogP contribution in [0.3, 0.4) is 0 Å². The molecular formula is C20H28Cl2FN3O2. The van der Waals surface area contributed by atoms with Crippen molar-refractivity contribution in [3.8, 4) is 0 Å². The average molecular weight is 432 g/mol. The highest BCUT2D eigenvalue weighted by Gasteiger charge is 2.28. The van der Waals surface area contributed by atoms with E-state index in [0.717, 1.165) is 19.2 Å². The van der Waals surface area contributed by atoms with E-state index in [0.29, 0.717) is 44.4 Å². The molecule has 1 N–H and O–H groups in total. The summed E-state index contributed by atoms with van der Waals surface area (Å²) in [4.78, 5) is 28.6. The van der Waals surface area contributed by atoms with Gasteiger partial charge in [-0.2, -0.15) is 0 Å². The molecule has 0 spiro atoms. The van der Waals surface area contributed by atoms with Gasteiger partial charge in [-0.1, -0.05) is 18.5 Å². The van der Waals surface area contributed by atoms with Crippen molar-refractivity contribution in [2.45, 2.75) is 26.2 Å². The van der Waals surface area contributed by atoms with Gasteiger partial charge in [-0.3, -0.25) is 9.59 Å². The van der Waals surface area contributed by atoms with Crippen molar-refractivity contribution in [2.24, 2.45) is 11.8 Å². The van der Waals surface area contributed by atoms with Crippen LogP contribution in [0, 0.1) is 17.7 Å². The van der Waals surface area contributed by atoms with Crippen LogP contribution in [0.2, 0.25) is 5.02 Å². The van der Waals surface area contributed by atoms with E-state index in [9.17, 15) is 14.0 Å². The second-order valence-corrected chi connectivity index (χ2v) is 8.02. The highest BCUT2D eigenvalue weighted by atomic mass is 35.5. The maximum absolute atomic E-state index is 14.0. The number of piperidine rings is 1. The summed E-state index contributed by atoms with van der Waals surface area (Å²) in [7, 11) is 0. The number of carbonyl (C=O) groups excluding carboxylic acids is 2. The van der Waals surface area contributed by atoms with Gasteiger partial charge < -0.3 is 15.1 Å². The van der Waals surface area contributed by atoms with E-state index < -0.39 is 5.82 Å². The van der Waals surface area contributed by atoms with Gasteiger partial charge in [-0.05, 0) is 56.0 Å². The Kier molecular flexibility index (Phi) is 8.53. The van der Waals surface area contributed by atoms with Gasteiger partial charge in [0.15, 0.2) is 0 Å². The molecule has 2 unspecified atom stereocenters. The third-order valence-corrected chi connectivity index (χ3v) is 5.95. The van der Waals surface area contributed by atoms with E-state index >= 15 is 0 Å². The van der Waals surface area contributed by atoms with Gasteiger partial charge in [0, 0.05) is 37.6 Å². The summed E-state index contributed by atoms with van der Waals surface area (Å²) >= 11 is 5.75. The standard InChI is InChI=1S/C20H27ClFN3O2.ClH/c1-14(15-3-2-6-23-13-15)11-19(26)24-7-9-25(10-8-24)20(27)17-5-4-16(21)12-18(17)22;/h4-5,12,14-15,23H,2-3,6-11,13H2,1H3;1H. The molecule has 1 aromatic carbocycles. The molecule has 0 saturated carbocycles. The van der Waals surface area contributed by atoms with Gasteiger partial charge in [0.25, 0.3) is 5.91 Å². The molecule has 0 aromatic heterocycles. The Hall–Kier alpha value is -1.37. The lowest BCUT2D eigenvalue weighted by Gasteiger charge is -2.36. The molecule has 28 heavy (non-hydrogen) atoms. The van der Waals surface area contributed by atoms with E-state index in [-0.39, 0.29) is 34.8 Å². The van der Waals surface area contributed by atoms with Crippen LogP contribution < -0.4 is 5.32 Å². The maximum Gasteiger partial charge on any atom is 0.256 e. The molecule has 0 aliphatic carbocycles. The summed E-state index contributed by atoms with van der Waals surface area (Å²) in [5.74, 6) is 0.100. The average Bonchev–Trinajstić information content (AvgIpc) is 2.68. The fourth-order valence-electron chi connectivity index (χ4n) is 3.93. The number of piperazine rings is 1. The number of nitrogens with zero attached hydrogens (tertiary/aromatic N) is 2. The normalized spacial score (nSPS) is 21.0. The summed E-state index contributed by atoms with van der Waals surface area (Å²) < 4.78 is 14.0. The second-order valence-electron chi connectivity index (χ2n) is 7.58. The molecular weight excluding hydrogens is 404 g/mol. The third-order valence-electron chi connectivity index (χ3n) is 5.72. The summed E-state index contributed by atoms with van der Waals surface area (Å²) in [5, 5.41) is 3.67. The van der Waals surface area contributed by atoms with Crippen LogP contribution in [0.5, 0.6) is 0 Å². The van der Waals surface area contributed by atoms with Gasteiger partial charge >= 0.3 is 0 Å². The van der Waals surface area contributed by atoms with E-state index in [1.807, 2.05) is 4.90 Å². The number of amides is 2. The number of rotatable bonds is 4. The Labute approximate surface area is 177 Å². The predicted octanol–water partition coefficient (Wildman–Crippen LogP) is 3.21. The van der Waals surface area contributed by atoms with Crippen LogP contribution in [0.4, 0.5) is 4.39 Å². The topological polar surface area (TPSA) is 52.7 Å². The summed E-state index contributed by atoms with van der Waals surface area (Å²) in [6.45, 7) is 6.05. The number of benzene rings is 1. The minimum Gasteiger partial charge on any atom is -0.339 e. The van der Waals surface area contributed by atoms with Gasteiger partial charge in [0.05, 0.1) is 5.56 Å². The molecule has 2 saturated heterocycles. The molecule has 5 nitrogen and oxygen atoms in total. The minimum absolute atomic E-state index is 0. The SMILES string of the molecule is CC(CC(=O)N1CCN(C(=O)c2ccc(Cl)cc2F)CC1)C1CCCNC1.Cl.